The standard InChI is InChI=1S/C8H10.C2H6N2O/c1-7-5-3-4-6-8(7)2;3-1-2(4)5/h3-6H,1-2H3;1,3H2,(H2,4,5). The summed E-state index contributed by atoms with van der Waals surface area (Å²) in [7, 11) is 0. The summed E-state index contributed by atoms with van der Waals surface area (Å²) >= 11 is 0. The molecule has 0 radical (unpaired) electrons. The van der Waals surface area contributed by atoms with E-state index in [-0.39, 0.29) is 6.54 Å². The Morgan fingerprint density at radius 1 is 1.23 bits per heavy atom. The molecule has 1 amide bonds. The first-order valence-electron chi connectivity index (χ1n) is 4.08. The summed E-state index contributed by atoms with van der Waals surface area (Å²) in [6, 6.07) is 8.36. The lowest BCUT2D eigenvalue weighted by Crippen LogP contribution is -2.21. The Hall–Kier alpha value is -1.35. The zero-order chi connectivity index (χ0) is 10.3. The van der Waals surface area contributed by atoms with Gasteiger partial charge in [0.2, 0.25) is 5.91 Å². The van der Waals surface area contributed by atoms with Crippen LogP contribution in [0.15, 0.2) is 24.3 Å². The van der Waals surface area contributed by atoms with Gasteiger partial charge in [0.1, 0.15) is 0 Å². The molecule has 0 aliphatic carbocycles. The zero-order valence-electron chi connectivity index (χ0n) is 8.08. The van der Waals surface area contributed by atoms with Crippen LogP contribution in [0.4, 0.5) is 0 Å². The molecule has 1 rings (SSSR count). The Labute approximate surface area is 78.7 Å². The van der Waals surface area contributed by atoms with Crippen LogP contribution in [-0.2, 0) is 4.79 Å². The molecule has 1 aromatic carbocycles. The lowest BCUT2D eigenvalue weighted by Gasteiger charge is -1.93. The summed E-state index contributed by atoms with van der Waals surface area (Å²) in [5.74, 6) is -0.468. The van der Waals surface area contributed by atoms with Crippen LogP contribution in [0.25, 0.3) is 0 Å². The summed E-state index contributed by atoms with van der Waals surface area (Å²) in [6.07, 6.45) is 0. The molecule has 0 aliphatic rings. The molecule has 0 aliphatic heterocycles. The summed E-state index contributed by atoms with van der Waals surface area (Å²) in [6.45, 7) is 4.19. The molecular weight excluding hydrogens is 164 g/mol. The van der Waals surface area contributed by atoms with E-state index in [4.69, 9.17) is 5.73 Å². The van der Waals surface area contributed by atoms with E-state index in [0.717, 1.165) is 0 Å². The predicted octanol–water partition coefficient (Wildman–Crippen LogP) is 0.734. The molecule has 1 aromatic rings. The fourth-order valence-corrected chi connectivity index (χ4v) is 0.663. The molecule has 3 heteroatoms. The average molecular weight is 180 g/mol. The second-order valence-corrected chi connectivity index (χ2v) is 2.75. The fourth-order valence-electron chi connectivity index (χ4n) is 0.663. The number of carbonyl (C=O) groups is 1. The summed E-state index contributed by atoms with van der Waals surface area (Å²) in [4.78, 5) is 9.47. The molecule has 0 spiro atoms. The van der Waals surface area contributed by atoms with Crippen LogP contribution >= 0.6 is 0 Å². The van der Waals surface area contributed by atoms with Gasteiger partial charge in [-0.2, -0.15) is 0 Å². The van der Waals surface area contributed by atoms with Crippen molar-refractivity contribution in [1.29, 1.82) is 0 Å². The second-order valence-electron chi connectivity index (χ2n) is 2.75. The number of rotatable bonds is 1. The predicted molar refractivity (Wildman–Crippen MR) is 54.2 cm³/mol. The molecule has 0 bridgehead atoms. The van der Waals surface area contributed by atoms with Gasteiger partial charge in [-0.25, -0.2) is 0 Å². The minimum Gasteiger partial charge on any atom is -0.369 e. The van der Waals surface area contributed by atoms with E-state index >= 15 is 0 Å². The lowest BCUT2D eigenvalue weighted by atomic mass is 10.1. The van der Waals surface area contributed by atoms with Crippen molar-refractivity contribution in [3.05, 3.63) is 35.4 Å². The summed E-state index contributed by atoms with van der Waals surface area (Å²) in [5.41, 5.74) is 12.0. The SMILES string of the molecule is Cc1ccccc1C.NCC(N)=O. The first-order chi connectivity index (χ1) is 6.07. The van der Waals surface area contributed by atoms with E-state index in [2.05, 4.69) is 43.8 Å². The third-order valence-corrected chi connectivity index (χ3v) is 1.63. The molecule has 0 saturated heterocycles. The smallest absolute Gasteiger partial charge is 0.231 e. The average Bonchev–Trinajstić information content (AvgIpc) is 2.11. The van der Waals surface area contributed by atoms with Gasteiger partial charge in [-0.15, -0.1) is 0 Å². The van der Waals surface area contributed by atoms with E-state index in [1.165, 1.54) is 11.1 Å². The normalized spacial score (nSPS) is 8.54. The number of amides is 1. The molecule has 0 unspecified atom stereocenters. The van der Waals surface area contributed by atoms with E-state index in [9.17, 15) is 4.79 Å². The quantitative estimate of drug-likeness (QED) is 0.669. The van der Waals surface area contributed by atoms with E-state index < -0.39 is 5.91 Å². The number of carbonyl (C=O) groups excluding carboxylic acids is 1. The maximum Gasteiger partial charge on any atom is 0.231 e. The monoisotopic (exact) mass is 180 g/mol. The fraction of sp³-hybridized carbons (Fsp3) is 0.300. The van der Waals surface area contributed by atoms with Gasteiger partial charge in [-0.05, 0) is 25.0 Å². The molecule has 0 aromatic heterocycles. The zero-order valence-corrected chi connectivity index (χ0v) is 8.08. The number of benzene rings is 1. The van der Waals surface area contributed by atoms with Crippen LogP contribution in [0.1, 0.15) is 11.1 Å². The van der Waals surface area contributed by atoms with Crippen LogP contribution in [0.5, 0.6) is 0 Å². The molecule has 4 N–H and O–H groups in total. The number of hydrogen-bond acceptors (Lipinski definition) is 2. The Bertz CT molecular complexity index is 250. The summed E-state index contributed by atoms with van der Waals surface area (Å²) in [5, 5.41) is 0. The van der Waals surface area contributed by atoms with E-state index in [1.807, 2.05) is 0 Å². The number of hydrogen-bond donors (Lipinski definition) is 2. The Morgan fingerprint density at radius 2 is 1.54 bits per heavy atom. The number of primary amides is 1. The van der Waals surface area contributed by atoms with Gasteiger partial charge in [-0.3, -0.25) is 4.79 Å². The largest absolute Gasteiger partial charge is 0.369 e. The maximum absolute atomic E-state index is 9.47. The van der Waals surface area contributed by atoms with Crippen LogP contribution in [-0.4, -0.2) is 12.5 Å². The third-order valence-electron chi connectivity index (χ3n) is 1.63. The molecule has 0 atom stereocenters. The van der Waals surface area contributed by atoms with Crippen LogP contribution in [0.2, 0.25) is 0 Å². The maximum atomic E-state index is 9.47. The van der Waals surface area contributed by atoms with E-state index in [1.54, 1.807) is 0 Å². The molecule has 72 valence electrons. The van der Waals surface area contributed by atoms with Crippen molar-refractivity contribution in [2.45, 2.75) is 13.8 Å². The first kappa shape index (κ1) is 11.6. The molecular formula is C10H16N2O. The molecule has 3 nitrogen and oxygen atoms in total. The van der Waals surface area contributed by atoms with Crippen LogP contribution in [0, 0.1) is 13.8 Å². The number of nitrogens with two attached hydrogens (primary N) is 2. The minimum absolute atomic E-state index is 0.0556. The van der Waals surface area contributed by atoms with Crippen molar-refractivity contribution < 1.29 is 4.79 Å². The highest BCUT2D eigenvalue weighted by Crippen LogP contribution is 2.02. The highest BCUT2D eigenvalue weighted by atomic mass is 16.1. The van der Waals surface area contributed by atoms with Crippen molar-refractivity contribution in [1.82, 2.24) is 0 Å². The first-order valence-corrected chi connectivity index (χ1v) is 4.08. The van der Waals surface area contributed by atoms with Crippen LogP contribution < -0.4 is 11.5 Å². The van der Waals surface area contributed by atoms with Crippen molar-refractivity contribution in [2.24, 2.45) is 11.5 Å². The third kappa shape index (κ3) is 5.87. The minimum atomic E-state index is -0.468. The topological polar surface area (TPSA) is 69.1 Å². The van der Waals surface area contributed by atoms with Gasteiger partial charge in [0, 0.05) is 0 Å². The Morgan fingerprint density at radius 3 is 1.69 bits per heavy atom. The van der Waals surface area contributed by atoms with Crippen molar-refractivity contribution in [3.63, 3.8) is 0 Å². The Kier molecular flexibility index (Phi) is 5.55. The lowest BCUT2D eigenvalue weighted by molar-refractivity contribution is -0.116. The van der Waals surface area contributed by atoms with Gasteiger partial charge in [0.05, 0.1) is 6.54 Å². The van der Waals surface area contributed by atoms with Crippen molar-refractivity contribution >= 4 is 5.91 Å². The van der Waals surface area contributed by atoms with Gasteiger partial charge < -0.3 is 11.5 Å². The highest BCUT2D eigenvalue weighted by Gasteiger charge is 1.83. The highest BCUT2D eigenvalue weighted by molar-refractivity contribution is 5.75. The number of aryl methyl sites for hydroxylation is 2. The van der Waals surface area contributed by atoms with Gasteiger partial charge >= 0.3 is 0 Å². The summed E-state index contributed by atoms with van der Waals surface area (Å²) < 4.78 is 0. The molecule has 0 heterocycles. The van der Waals surface area contributed by atoms with Gasteiger partial charge in [0.15, 0.2) is 0 Å². The van der Waals surface area contributed by atoms with Crippen molar-refractivity contribution in [2.75, 3.05) is 6.54 Å². The van der Waals surface area contributed by atoms with Gasteiger partial charge in [-0.1, -0.05) is 24.3 Å². The molecule has 13 heavy (non-hydrogen) atoms. The molecule has 0 fully saturated rings. The van der Waals surface area contributed by atoms with E-state index in [0.29, 0.717) is 0 Å². The Balaban J connectivity index is 0.000000252. The van der Waals surface area contributed by atoms with Gasteiger partial charge in [0.25, 0.3) is 0 Å². The molecule has 0 saturated carbocycles. The van der Waals surface area contributed by atoms with Crippen LogP contribution in [0.3, 0.4) is 0 Å². The second kappa shape index (κ2) is 6.20. The van der Waals surface area contributed by atoms with Crippen molar-refractivity contribution in [3.8, 4) is 0 Å².